The van der Waals surface area contributed by atoms with Crippen LogP contribution in [0.1, 0.15) is 61.6 Å². The summed E-state index contributed by atoms with van der Waals surface area (Å²) < 4.78 is 7.44. The number of ether oxygens (including phenoxy) is 1. The number of nitrogens with one attached hydrogen (secondary N) is 1. The van der Waals surface area contributed by atoms with Gasteiger partial charge in [-0.2, -0.15) is 5.26 Å². The van der Waals surface area contributed by atoms with E-state index < -0.39 is 5.60 Å². The number of hydrogen-bond donors (Lipinski definition) is 1. The van der Waals surface area contributed by atoms with Crippen LogP contribution in [-0.4, -0.2) is 28.1 Å². The van der Waals surface area contributed by atoms with Crippen LogP contribution in [0.4, 0.5) is 4.79 Å². The third-order valence-corrected chi connectivity index (χ3v) is 6.04. The minimum Gasteiger partial charge on any atom is -0.444 e. The summed E-state index contributed by atoms with van der Waals surface area (Å²) in [5.74, 6) is 0. The second-order valence-electron chi connectivity index (χ2n) is 9.50. The number of nitrogens with zero attached hydrogens (tertiary/aromatic N) is 2. The highest BCUT2D eigenvalue weighted by atomic mass is 16.6. The highest BCUT2D eigenvalue weighted by Crippen LogP contribution is 2.68. The van der Waals surface area contributed by atoms with E-state index in [1.165, 1.54) is 0 Å². The Morgan fingerprint density at radius 1 is 1.36 bits per heavy atom. The zero-order valence-electron chi connectivity index (χ0n) is 16.8. The average Bonchev–Trinajstić information content (AvgIpc) is 2.89. The van der Waals surface area contributed by atoms with Crippen LogP contribution in [0.5, 0.6) is 0 Å². The molecule has 3 fully saturated rings. The molecule has 2 bridgehead atoms. The summed E-state index contributed by atoms with van der Waals surface area (Å²) in [4.78, 5) is 23.3. The Hall–Kier alpha value is -2.81. The predicted octanol–water partition coefficient (Wildman–Crippen LogP) is 4.08. The maximum Gasteiger partial charge on any atom is 0.408 e. The number of alkyl carbamates (subject to hydrolysis) is 1. The van der Waals surface area contributed by atoms with Crippen LogP contribution in [0.3, 0.4) is 0 Å². The highest BCUT2D eigenvalue weighted by Gasteiger charge is 2.68. The normalized spacial score (nSPS) is 25.4. The van der Waals surface area contributed by atoms with Gasteiger partial charge in [0.05, 0.1) is 0 Å². The Morgan fingerprint density at radius 3 is 2.61 bits per heavy atom. The van der Waals surface area contributed by atoms with Crippen LogP contribution in [0.2, 0.25) is 0 Å². The Bertz CT molecular complexity index is 1020. The van der Waals surface area contributed by atoms with Crippen LogP contribution >= 0.6 is 0 Å². The number of aromatic nitrogens is 1. The van der Waals surface area contributed by atoms with E-state index >= 15 is 0 Å². The number of fused-ring (bicyclic) bond motifs is 1. The topological polar surface area (TPSA) is 84.1 Å². The summed E-state index contributed by atoms with van der Waals surface area (Å²) in [7, 11) is 0. The Morgan fingerprint density at radius 2 is 2.04 bits per heavy atom. The van der Waals surface area contributed by atoms with Gasteiger partial charge >= 0.3 is 6.09 Å². The van der Waals surface area contributed by atoms with E-state index in [4.69, 9.17) is 4.74 Å². The van der Waals surface area contributed by atoms with E-state index in [1.807, 2.05) is 45.9 Å². The first-order valence-electron chi connectivity index (χ1n) is 9.59. The van der Waals surface area contributed by atoms with Gasteiger partial charge in [0.2, 0.25) is 0 Å². The summed E-state index contributed by atoms with van der Waals surface area (Å²) >= 11 is 0. The highest BCUT2D eigenvalue weighted by molar-refractivity contribution is 5.92. The molecule has 0 unspecified atom stereocenters. The second-order valence-corrected chi connectivity index (χ2v) is 9.50. The lowest BCUT2D eigenvalue weighted by Crippen LogP contribution is -2.75. The minimum atomic E-state index is -0.505. The molecule has 0 spiro atoms. The Kier molecular flexibility index (Phi) is 3.87. The lowest BCUT2D eigenvalue weighted by Gasteiger charge is -2.70. The molecule has 5 rings (SSSR count). The van der Waals surface area contributed by atoms with E-state index in [0.29, 0.717) is 11.3 Å². The molecule has 1 amide bonds. The van der Waals surface area contributed by atoms with Gasteiger partial charge in [0.1, 0.15) is 23.7 Å². The SMILES string of the molecule is Cc1c(C=O)ccc2c1cc(C#N)n2CC12CC(NC(=O)OC(C)(C)C)(C1)C2. The average molecular weight is 379 g/mol. The van der Waals surface area contributed by atoms with E-state index in [1.54, 1.807) is 0 Å². The summed E-state index contributed by atoms with van der Waals surface area (Å²) in [6.07, 6.45) is 3.19. The number of amides is 1. The van der Waals surface area contributed by atoms with Gasteiger partial charge in [0, 0.05) is 28.6 Å². The molecule has 0 atom stereocenters. The molecule has 1 heterocycles. The number of carbonyl (C=O) groups excluding carboxylic acids is 2. The van der Waals surface area contributed by atoms with Crippen LogP contribution in [-0.2, 0) is 11.3 Å². The quantitative estimate of drug-likeness (QED) is 0.811. The summed E-state index contributed by atoms with van der Waals surface area (Å²) in [5, 5.41) is 13.6. The molecule has 1 aromatic carbocycles. The number of benzene rings is 1. The van der Waals surface area contributed by atoms with Crippen molar-refractivity contribution in [2.45, 2.75) is 64.6 Å². The number of rotatable bonds is 4. The fourth-order valence-corrected chi connectivity index (χ4v) is 5.04. The van der Waals surface area contributed by atoms with E-state index in [0.717, 1.165) is 48.6 Å². The van der Waals surface area contributed by atoms with Gasteiger partial charge in [-0.25, -0.2) is 4.79 Å². The fourth-order valence-electron chi connectivity index (χ4n) is 5.04. The van der Waals surface area contributed by atoms with Gasteiger partial charge < -0.3 is 14.6 Å². The standard InChI is InChI=1S/C22H25N3O3/c1-14-15(9-26)5-6-18-17(14)7-16(8-23)25(18)13-21-10-22(11-21,12-21)24-19(27)28-20(2,3)4/h5-7,9H,10-13H2,1-4H3,(H,24,27). The third-order valence-electron chi connectivity index (χ3n) is 6.04. The molecule has 3 aliphatic carbocycles. The third kappa shape index (κ3) is 2.86. The van der Waals surface area contributed by atoms with E-state index in [-0.39, 0.29) is 17.0 Å². The van der Waals surface area contributed by atoms with Crippen molar-refractivity contribution in [1.82, 2.24) is 9.88 Å². The molecule has 0 saturated heterocycles. The maximum atomic E-state index is 12.1. The van der Waals surface area contributed by atoms with Crippen molar-refractivity contribution in [3.8, 4) is 6.07 Å². The molecule has 28 heavy (non-hydrogen) atoms. The van der Waals surface area contributed by atoms with Crippen molar-refractivity contribution in [3.63, 3.8) is 0 Å². The predicted molar refractivity (Wildman–Crippen MR) is 105 cm³/mol. The van der Waals surface area contributed by atoms with Crippen molar-refractivity contribution in [2.24, 2.45) is 5.41 Å². The van der Waals surface area contributed by atoms with Crippen molar-refractivity contribution in [1.29, 1.82) is 5.26 Å². The summed E-state index contributed by atoms with van der Waals surface area (Å²) in [6, 6.07) is 7.90. The smallest absolute Gasteiger partial charge is 0.408 e. The molecule has 3 saturated carbocycles. The van der Waals surface area contributed by atoms with Crippen LogP contribution in [0.15, 0.2) is 18.2 Å². The van der Waals surface area contributed by atoms with E-state index in [9.17, 15) is 14.9 Å². The zero-order chi connectivity index (χ0) is 20.3. The van der Waals surface area contributed by atoms with Crippen molar-refractivity contribution >= 4 is 23.3 Å². The zero-order valence-corrected chi connectivity index (χ0v) is 16.8. The molecule has 1 N–H and O–H groups in total. The molecule has 146 valence electrons. The van der Waals surface area contributed by atoms with Crippen LogP contribution in [0.25, 0.3) is 10.9 Å². The largest absolute Gasteiger partial charge is 0.444 e. The minimum absolute atomic E-state index is 0.115. The number of aldehydes is 1. The maximum absolute atomic E-state index is 12.1. The van der Waals surface area contributed by atoms with Gasteiger partial charge in [-0.3, -0.25) is 4.79 Å². The molecule has 2 aromatic rings. The molecular weight excluding hydrogens is 354 g/mol. The lowest BCUT2D eigenvalue weighted by atomic mass is 9.39. The Balaban J connectivity index is 1.51. The first-order valence-corrected chi connectivity index (χ1v) is 9.59. The van der Waals surface area contributed by atoms with Crippen molar-refractivity contribution < 1.29 is 14.3 Å². The Labute approximate surface area is 164 Å². The van der Waals surface area contributed by atoms with Crippen LogP contribution < -0.4 is 5.32 Å². The molecule has 0 aliphatic heterocycles. The monoisotopic (exact) mass is 379 g/mol. The molecule has 0 radical (unpaired) electrons. The van der Waals surface area contributed by atoms with Crippen molar-refractivity contribution in [2.75, 3.05) is 0 Å². The van der Waals surface area contributed by atoms with E-state index in [2.05, 4.69) is 16.0 Å². The molecule has 6 nitrogen and oxygen atoms in total. The lowest BCUT2D eigenvalue weighted by molar-refractivity contribution is -0.160. The first kappa shape index (κ1) is 18.5. The fraction of sp³-hybridized carbons (Fsp3) is 0.500. The first-order chi connectivity index (χ1) is 13.1. The molecule has 1 aromatic heterocycles. The number of nitriles is 1. The molecule has 3 aliphatic rings. The van der Waals surface area contributed by atoms with Crippen LogP contribution in [0, 0.1) is 23.7 Å². The van der Waals surface area contributed by atoms with Crippen molar-refractivity contribution in [3.05, 3.63) is 35.0 Å². The van der Waals surface area contributed by atoms with Gasteiger partial charge in [-0.05, 0) is 76.1 Å². The van der Waals surface area contributed by atoms with Gasteiger partial charge in [-0.1, -0.05) is 0 Å². The molecule has 6 heteroatoms. The van der Waals surface area contributed by atoms with Gasteiger partial charge in [0.25, 0.3) is 0 Å². The van der Waals surface area contributed by atoms with Gasteiger partial charge in [0.15, 0.2) is 0 Å². The number of carbonyl (C=O) groups is 2. The summed E-state index contributed by atoms with van der Waals surface area (Å²) in [6.45, 7) is 8.23. The second kappa shape index (κ2) is 5.84. The number of hydrogen-bond acceptors (Lipinski definition) is 4. The molecular formula is C22H25N3O3. The number of aryl methyl sites for hydroxylation is 1. The summed E-state index contributed by atoms with van der Waals surface area (Å²) in [5.41, 5.74) is 2.61. The van der Waals surface area contributed by atoms with Gasteiger partial charge in [-0.15, -0.1) is 0 Å².